The minimum absolute atomic E-state index is 0.0730. The second-order valence-electron chi connectivity index (χ2n) is 8.95. The van der Waals surface area contributed by atoms with Crippen molar-refractivity contribution in [3.63, 3.8) is 0 Å². The number of anilines is 1. The molecule has 9 heteroatoms. The van der Waals surface area contributed by atoms with E-state index >= 15 is 0 Å². The number of carbonyl (C=O) groups excluding carboxylic acids is 3. The molecule has 3 aliphatic rings. The van der Waals surface area contributed by atoms with E-state index in [0.717, 1.165) is 29.0 Å². The normalized spacial score (nSPS) is 27.3. The molecule has 1 N–H and O–H groups in total. The van der Waals surface area contributed by atoms with Crippen LogP contribution in [0.4, 0.5) is 23.7 Å². The number of carbonyl (C=O) groups is 3. The molecule has 2 aromatic rings. The molecule has 2 aromatic carbocycles. The van der Waals surface area contributed by atoms with Crippen LogP contribution in [0.1, 0.15) is 35.4 Å². The lowest BCUT2D eigenvalue weighted by Crippen LogP contribution is -2.72. The molecule has 172 valence electrons. The van der Waals surface area contributed by atoms with Gasteiger partial charge in [0.25, 0.3) is 0 Å². The van der Waals surface area contributed by atoms with E-state index in [2.05, 4.69) is 5.32 Å². The van der Waals surface area contributed by atoms with Crippen molar-refractivity contribution in [3.8, 4) is 0 Å². The molecule has 0 aliphatic carbocycles. The molecule has 33 heavy (non-hydrogen) atoms. The van der Waals surface area contributed by atoms with E-state index in [9.17, 15) is 27.6 Å². The summed E-state index contributed by atoms with van der Waals surface area (Å²) < 4.78 is 40.3. The third-order valence-corrected chi connectivity index (χ3v) is 7.24. The van der Waals surface area contributed by atoms with Crippen molar-refractivity contribution in [2.45, 2.75) is 37.4 Å². The Morgan fingerprint density at radius 2 is 1.79 bits per heavy atom. The van der Waals surface area contributed by atoms with Crippen molar-refractivity contribution in [2.24, 2.45) is 5.41 Å². The summed E-state index contributed by atoms with van der Waals surface area (Å²) in [5.41, 5.74) is -0.552. The molecule has 4 amide bonds. The fourth-order valence-corrected chi connectivity index (χ4v) is 5.58. The zero-order chi connectivity index (χ0) is 23.5. The monoisotopic (exact) mass is 457 g/mol. The Labute approximate surface area is 188 Å². The maximum absolute atomic E-state index is 13.5. The highest BCUT2D eigenvalue weighted by Gasteiger charge is 2.62. The minimum atomic E-state index is -4.55. The lowest BCUT2D eigenvalue weighted by Gasteiger charge is -2.54. The van der Waals surface area contributed by atoms with Crippen LogP contribution in [-0.2, 0) is 22.2 Å². The predicted molar refractivity (Wildman–Crippen MR) is 113 cm³/mol. The number of piperidine rings is 1. The Kier molecular flexibility index (Phi) is 4.77. The number of alkyl halides is 3. The van der Waals surface area contributed by atoms with Crippen molar-refractivity contribution in [1.29, 1.82) is 0 Å². The summed E-state index contributed by atoms with van der Waals surface area (Å²) in [7, 11) is 1.29. The van der Waals surface area contributed by atoms with Crippen LogP contribution in [0.5, 0.6) is 0 Å². The third kappa shape index (κ3) is 3.20. The lowest BCUT2D eigenvalue weighted by atomic mass is 9.64. The average Bonchev–Trinajstić information content (AvgIpc) is 2.80. The summed E-state index contributed by atoms with van der Waals surface area (Å²) in [6.07, 6.45) is -3.56. The van der Waals surface area contributed by atoms with Gasteiger partial charge in [-0.05, 0) is 54.5 Å². The number of barbiturate groups is 1. The molecule has 0 aromatic heterocycles. The van der Waals surface area contributed by atoms with E-state index < -0.39 is 41.0 Å². The first-order valence-electron chi connectivity index (χ1n) is 10.8. The Bertz CT molecular complexity index is 1150. The number of rotatable bonds is 1. The molecular weight excluding hydrogens is 435 g/mol. The summed E-state index contributed by atoms with van der Waals surface area (Å²) in [5, 5.41) is 2.26. The van der Waals surface area contributed by atoms with Crippen molar-refractivity contribution < 1.29 is 27.6 Å². The van der Waals surface area contributed by atoms with Gasteiger partial charge in [-0.1, -0.05) is 30.3 Å². The number of fused-ring (bicyclic) bond motifs is 4. The molecular formula is C24H22F3N3O3. The van der Waals surface area contributed by atoms with Gasteiger partial charge in [-0.2, -0.15) is 13.2 Å². The number of nitrogens with zero attached hydrogens (tertiary/aromatic N) is 2. The maximum atomic E-state index is 13.5. The zero-order valence-corrected chi connectivity index (χ0v) is 17.9. The van der Waals surface area contributed by atoms with E-state index in [0.29, 0.717) is 18.7 Å². The third-order valence-electron chi connectivity index (χ3n) is 7.24. The van der Waals surface area contributed by atoms with E-state index in [-0.39, 0.29) is 17.9 Å². The second-order valence-corrected chi connectivity index (χ2v) is 8.95. The SMILES string of the molecule is CN1C(=O)NC(=O)[C@@]2(Cc3cc(C(F)(F)F)ccc3N3CC[C@@H](c4ccccc4)C[C@@H]32)C1=O. The number of nitrogens with one attached hydrogen (secondary N) is 1. The molecule has 3 atom stereocenters. The van der Waals surface area contributed by atoms with E-state index in [1.807, 2.05) is 35.2 Å². The molecule has 3 aliphatic heterocycles. The number of urea groups is 1. The van der Waals surface area contributed by atoms with Crippen molar-refractivity contribution in [3.05, 3.63) is 65.2 Å². The standard InChI is InChI=1S/C24H22F3N3O3/c1-29-21(32)23(20(31)28-22(29)33)13-16-11-17(24(25,26)27)7-8-18(16)30-10-9-15(12-19(23)30)14-5-3-2-4-6-14/h2-8,11,15,19H,9-10,12-13H2,1H3,(H,28,31,33)/t15-,19-,23+/m1/s1. The smallest absolute Gasteiger partial charge is 0.367 e. The van der Waals surface area contributed by atoms with Gasteiger partial charge in [0.2, 0.25) is 11.8 Å². The number of hydrogen-bond donors (Lipinski definition) is 1. The van der Waals surface area contributed by atoms with Gasteiger partial charge in [-0.15, -0.1) is 0 Å². The fraction of sp³-hybridized carbons (Fsp3) is 0.375. The van der Waals surface area contributed by atoms with Gasteiger partial charge in [0.1, 0.15) is 0 Å². The average molecular weight is 457 g/mol. The topological polar surface area (TPSA) is 69.7 Å². The summed E-state index contributed by atoms with van der Waals surface area (Å²) >= 11 is 0. The fourth-order valence-electron chi connectivity index (χ4n) is 5.58. The van der Waals surface area contributed by atoms with Crippen LogP contribution in [0.25, 0.3) is 0 Å². The van der Waals surface area contributed by atoms with Crippen LogP contribution in [0.3, 0.4) is 0 Å². The van der Waals surface area contributed by atoms with Gasteiger partial charge in [0.05, 0.1) is 11.6 Å². The number of hydrogen-bond acceptors (Lipinski definition) is 4. The molecule has 2 fully saturated rings. The van der Waals surface area contributed by atoms with Gasteiger partial charge >= 0.3 is 12.2 Å². The molecule has 1 spiro atoms. The Morgan fingerprint density at radius 1 is 1.06 bits per heavy atom. The summed E-state index contributed by atoms with van der Waals surface area (Å²) in [6, 6.07) is 11.8. The van der Waals surface area contributed by atoms with Gasteiger partial charge in [0.15, 0.2) is 5.41 Å². The Hall–Kier alpha value is -3.36. The van der Waals surface area contributed by atoms with Gasteiger partial charge in [0, 0.05) is 19.3 Å². The van der Waals surface area contributed by atoms with Crippen molar-refractivity contribution in [1.82, 2.24) is 10.2 Å². The number of amides is 4. The molecule has 0 unspecified atom stereocenters. The zero-order valence-electron chi connectivity index (χ0n) is 17.9. The predicted octanol–water partition coefficient (Wildman–Crippen LogP) is 3.71. The number of halogens is 3. The summed E-state index contributed by atoms with van der Waals surface area (Å²) in [5.74, 6) is -1.35. The van der Waals surface area contributed by atoms with Crippen LogP contribution in [-0.4, -0.2) is 42.4 Å². The van der Waals surface area contributed by atoms with Gasteiger partial charge in [-0.3, -0.25) is 19.8 Å². The first kappa shape index (κ1) is 21.5. The molecule has 2 saturated heterocycles. The highest BCUT2D eigenvalue weighted by Crippen LogP contribution is 2.50. The van der Waals surface area contributed by atoms with E-state index in [1.54, 1.807) is 0 Å². The minimum Gasteiger partial charge on any atom is -0.367 e. The molecule has 6 nitrogen and oxygen atoms in total. The quantitative estimate of drug-likeness (QED) is 0.663. The molecule has 3 heterocycles. The largest absolute Gasteiger partial charge is 0.416 e. The summed E-state index contributed by atoms with van der Waals surface area (Å²) in [4.78, 5) is 41.7. The first-order valence-corrected chi connectivity index (χ1v) is 10.8. The molecule has 0 radical (unpaired) electrons. The van der Waals surface area contributed by atoms with Crippen molar-refractivity contribution >= 4 is 23.5 Å². The van der Waals surface area contributed by atoms with Crippen LogP contribution in [0, 0.1) is 5.41 Å². The highest BCUT2D eigenvalue weighted by atomic mass is 19.4. The van der Waals surface area contributed by atoms with Crippen LogP contribution >= 0.6 is 0 Å². The van der Waals surface area contributed by atoms with Gasteiger partial charge in [-0.25, -0.2) is 4.79 Å². The number of imide groups is 2. The first-order chi connectivity index (χ1) is 15.6. The van der Waals surface area contributed by atoms with E-state index in [1.165, 1.54) is 13.1 Å². The van der Waals surface area contributed by atoms with Crippen molar-refractivity contribution in [2.75, 3.05) is 18.5 Å². The Balaban J connectivity index is 1.65. The summed E-state index contributed by atoms with van der Waals surface area (Å²) in [6.45, 7) is 0.475. The highest BCUT2D eigenvalue weighted by molar-refractivity contribution is 6.20. The van der Waals surface area contributed by atoms with Crippen LogP contribution < -0.4 is 10.2 Å². The second kappa shape index (κ2) is 7.33. The number of benzene rings is 2. The Morgan fingerprint density at radius 3 is 2.48 bits per heavy atom. The molecule has 0 bridgehead atoms. The lowest BCUT2D eigenvalue weighted by molar-refractivity contribution is -0.153. The van der Waals surface area contributed by atoms with Gasteiger partial charge < -0.3 is 4.90 Å². The van der Waals surface area contributed by atoms with E-state index in [4.69, 9.17) is 0 Å². The van der Waals surface area contributed by atoms with Crippen LogP contribution in [0.2, 0.25) is 0 Å². The maximum Gasteiger partial charge on any atom is 0.416 e. The molecule has 5 rings (SSSR count). The van der Waals surface area contributed by atoms with Crippen LogP contribution in [0.15, 0.2) is 48.5 Å². The molecule has 0 saturated carbocycles.